The summed E-state index contributed by atoms with van der Waals surface area (Å²) in [7, 11) is 0. The summed E-state index contributed by atoms with van der Waals surface area (Å²) in [6, 6.07) is 0.367. The van der Waals surface area contributed by atoms with Gasteiger partial charge in [0.2, 0.25) is 0 Å². The molecule has 0 aromatic carbocycles. The molecule has 6 heteroatoms. The van der Waals surface area contributed by atoms with Crippen molar-refractivity contribution in [2.45, 2.75) is 59.5 Å². The van der Waals surface area contributed by atoms with Crippen molar-refractivity contribution >= 4 is 0 Å². The number of hydrogen-bond acceptors (Lipinski definition) is 5. The van der Waals surface area contributed by atoms with Crippen molar-refractivity contribution in [3.05, 3.63) is 5.82 Å². The molecule has 2 heterocycles. The maximum atomic E-state index is 4.37. The number of nitrogens with zero attached hydrogens (tertiary/aromatic N) is 6. The van der Waals surface area contributed by atoms with E-state index >= 15 is 0 Å². The SMILES string of the molecule is CCC[C@H](c1nnnn1CCC(C)C)N1CCN(CC)CC1. The van der Waals surface area contributed by atoms with E-state index in [0.717, 1.165) is 64.4 Å². The van der Waals surface area contributed by atoms with Gasteiger partial charge in [-0.2, -0.15) is 0 Å². The predicted octanol–water partition coefficient (Wildman–Crippen LogP) is 2.20. The van der Waals surface area contributed by atoms with Gasteiger partial charge < -0.3 is 4.90 Å². The Balaban J connectivity index is 2.06. The molecule has 1 aliphatic heterocycles. The Labute approximate surface area is 134 Å². The number of hydrogen-bond donors (Lipinski definition) is 0. The van der Waals surface area contributed by atoms with Crippen LogP contribution in [-0.2, 0) is 6.54 Å². The number of aryl methyl sites for hydroxylation is 1. The maximum Gasteiger partial charge on any atom is 0.168 e. The molecule has 22 heavy (non-hydrogen) atoms. The zero-order valence-electron chi connectivity index (χ0n) is 14.7. The lowest BCUT2D eigenvalue weighted by molar-refractivity contribution is 0.0885. The topological polar surface area (TPSA) is 50.1 Å². The van der Waals surface area contributed by atoms with Gasteiger partial charge >= 0.3 is 0 Å². The number of rotatable bonds is 8. The fraction of sp³-hybridized carbons (Fsp3) is 0.938. The molecule has 0 saturated carbocycles. The normalized spacial score (nSPS) is 19.0. The minimum absolute atomic E-state index is 0.367. The van der Waals surface area contributed by atoms with Crippen molar-refractivity contribution in [3.63, 3.8) is 0 Å². The Bertz CT molecular complexity index is 422. The molecule has 126 valence electrons. The van der Waals surface area contributed by atoms with Gasteiger partial charge in [-0.1, -0.05) is 34.1 Å². The van der Waals surface area contributed by atoms with E-state index in [1.807, 2.05) is 4.68 Å². The molecule has 1 fully saturated rings. The minimum atomic E-state index is 0.367. The molecule has 0 amide bonds. The Kier molecular flexibility index (Phi) is 6.76. The zero-order chi connectivity index (χ0) is 15.9. The van der Waals surface area contributed by atoms with Crippen molar-refractivity contribution in [2.75, 3.05) is 32.7 Å². The molecule has 0 aliphatic carbocycles. The number of piperazine rings is 1. The highest BCUT2D eigenvalue weighted by Crippen LogP contribution is 2.25. The summed E-state index contributed by atoms with van der Waals surface area (Å²) in [5.74, 6) is 1.74. The second-order valence-corrected chi connectivity index (χ2v) is 6.72. The molecule has 1 aliphatic rings. The molecular formula is C16H32N6. The number of tetrazole rings is 1. The van der Waals surface area contributed by atoms with Crippen molar-refractivity contribution in [3.8, 4) is 0 Å². The molecule has 6 nitrogen and oxygen atoms in total. The lowest BCUT2D eigenvalue weighted by atomic mass is 10.1. The standard InChI is InChI=1S/C16H32N6/c1-5-7-15(21-12-10-20(6-2)11-13-21)16-17-18-19-22(16)9-8-14(3)4/h14-15H,5-13H2,1-4H3/t15-/m1/s1. The van der Waals surface area contributed by atoms with E-state index in [-0.39, 0.29) is 0 Å². The van der Waals surface area contributed by atoms with E-state index in [1.54, 1.807) is 0 Å². The fourth-order valence-electron chi connectivity index (χ4n) is 3.13. The molecule has 1 atom stereocenters. The molecule has 0 spiro atoms. The van der Waals surface area contributed by atoms with E-state index in [9.17, 15) is 0 Å². The predicted molar refractivity (Wildman–Crippen MR) is 88.6 cm³/mol. The molecule has 1 aromatic rings. The van der Waals surface area contributed by atoms with Crippen LogP contribution in [-0.4, -0.2) is 62.7 Å². The third kappa shape index (κ3) is 4.49. The van der Waals surface area contributed by atoms with Crippen LogP contribution in [0.2, 0.25) is 0 Å². The monoisotopic (exact) mass is 308 g/mol. The molecule has 0 radical (unpaired) electrons. The van der Waals surface area contributed by atoms with E-state index in [0.29, 0.717) is 12.0 Å². The summed E-state index contributed by atoms with van der Waals surface area (Å²) in [4.78, 5) is 5.09. The van der Waals surface area contributed by atoms with Crippen LogP contribution in [0.5, 0.6) is 0 Å². The van der Waals surface area contributed by atoms with Gasteiger partial charge in [0.1, 0.15) is 0 Å². The maximum absolute atomic E-state index is 4.37. The minimum Gasteiger partial charge on any atom is -0.301 e. The Morgan fingerprint density at radius 1 is 1.05 bits per heavy atom. The van der Waals surface area contributed by atoms with Gasteiger partial charge in [0.05, 0.1) is 6.04 Å². The van der Waals surface area contributed by atoms with Gasteiger partial charge in [0, 0.05) is 32.7 Å². The second-order valence-electron chi connectivity index (χ2n) is 6.72. The number of likely N-dealkylation sites (N-methyl/N-ethyl adjacent to an activating group) is 1. The Morgan fingerprint density at radius 2 is 1.77 bits per heavy atom. The lowest BCUT2D eigenvalue weighted by Crippen LogP contribution is -2.47. The summed E-state index contributed by atoms with van der Waals surface area (Å²) in [6.07, 6.45) is 3.42. The molecular weight excluding hydrogens is 276 g/mol. The average molecular weight is 308 g/mol. The highest BCUT2D eigenvalue weighted by Gasteiger charge is 2.28. The van der Waals surface area contributed by atoms with Crippen molar-refractivity contribution in [1.29, 1.82) is 0 Å². The summed E-state index contributed by atoms with van der Waals surface area (Å²) >= 11 is 0. The van der Waals surface area contributed by atoms with E-state index in [2.05, 4.69) is 53.0 Å². The van der Waals surface area contributed by atoms with Crippen LogP contribution in [0.15, 0.2) is 0 Å². The van der Waals surface area contributed by atoms with Gasteiger partial charge in [-0.15, -0.1) is 5.10 Å². The average Bonchev–Trinajstić information content (AvgIpc) is 2.99. The highest BCUT2D eigenvalue weighted by molar-refractivity contribution is 4.95. The van der Waals surface area contributed by atoms with Gasteiger partial charge in [-0.25, -0.2) is 4.68 Å². The first-order valence-electron chi connectivity index (χ1n) is 8.88. The molecule has 1 saturated heterocycles. The molecule has 1 aromatic heterocycles. The van der Waals surface area contributed by atoms with Crippen LogP contribution in [0.25, 0.3) is 0 Å². The first-order valence-corrected chi connectivity index (χ1v) is 8.88. The Hall–Kier alpha value is -1.01. The van der Waals surface area contributed by atoms with Crippen molar-refractivity contribution in [1.82, 2.24) is 30.0 Å². The summed E-state index contributed by atoms with van der Waals surface area (Å²) in [5, 5.41) is 12.6. The van der Waals surface area contributed by atoms with Crippen LogP contribution in [0.3, 0.4) is 0 Å². The Morgan fingerprint density at radius 3 is 2.36 bits per heavy atom. The van der Waals surface area contributed by atoms with Crippen LogP contribution >= 0.6 is 0 Å². The lowest BCUT2D eigenvalue weighted by Gasteiger charge is -2.38. The molecule has 0 N–H and O–H groups in total. The third-order valence-corrected chi connectivity index (χ3v) is 4.63. The van der Waals surface area contributed by atoms with Gasteiger partial charge in [-0.3, -0.25) is 4.90 Å². The second kappa shape index (κ2) is 8.58. The van der Waals surface area contributed by atoms with Crippen LogP contribution in [0.4, 0.5) is 0 Å². The van der Waals surface area contributed by atoms with Gasteiger partial charge in [-0.05, 0) is 35.7 Å². The number of aromatic nitrogens is 4. The molecule has 0 bridgehead atoms. The summed E-state index contributed by atoms with van der Waals surface area (Å²) < 4.78 is 2.03. The van der Waals surface area contributed by atoms with Gasteiger partial charge in [0.25, 0.3) is 0 Å². The van der Waals surface area contributed by atoms with Crippen molar-refractivity contribution < 1.29 is 0 Å². The first-order chi connectivity index (χ1) is 10.7. The van der Waals surface area contributed by atoms with E-state index < -0.39 is 0 Å². The van der Waals surface area contributed by atoms with Gasteiger partial charge in [0.15, 0.2) is 5.82 Å². The highest BCUT2D eigenvalue weighted by atomic mass is 15.5. The smallest absolute Gasteiger partial charge is 0.168 e. The van der Waals surface area contributed by atoms with Crippen LogP contribution in [0, 0.1) is 5.92 Å². The fourth-order valence-corrected chi connectivity index (χ4v) is 3.13. The van der Waals surface area contributed by atoms with E-state index in [4.69, 9.17) is 0 Å². The largest absolute Gasteiger partial charge is 0.301 e. The van der Waals surface area contributed by atoms with Crippen molar-refractivity contribution in [2.24, 2.45) is 5.92 Å². The van der Waals surface area contributed by atoms with Crippen LogP contribution < -0.4 is 0 Å². The van der Waals surface area contributed by atoms with Crippen LogP contribution in [0.1, 0.15) is 58.8 Å². The summed E-state index contributed by atoms with van der Waals surface area (Å²) in [6.45, 7) is 15.6. The van der Waals surface area contributed by atoms with E-state index in [1.165, 1.54) is 0 Å². The molecule has 0 unspecified atom stereocenters. The summed E-state index contributed by atoms with van der Waals surface area (Å²) in [5.41, 5.74) is 0. The molecule has 2 rings (SSSR count). The zero-order valence-corrected chi connectivity index (χ0v) is 14.7. The quantitative estimate of drug-likeness (QED) is 0.737. The third-order valence-electron chi connectivity index (χ3n) is 4.63. The first kappa shape index (κ1) is 17.3.